The Kier molecular flexibility index (Phi) is 3.62. The smallest absolute Gasteiger partial charge is 0.0944 e. The Labute approximate surface area is 95.7 Å². The van der Waals surface area contributed by atoms with Gasteiger partial charge in [-0.3, -0.25) is 9.88 Å². The maximum atomic E-state index is 10.4. The molecule has 16 heavy (non-hydrogen) atoms. The molecule has 0 saturated carbocycles. The van der Waals surface area contributed by atoms with Crippen molar-refractivity contribution in [3.05, 3.63) is 34.5 Å². The normalized spacial score (nSPS) is 18.6. The van der Waals surface area contributed by atoms with Crippen LogP contribution in [0.15, 0.2) is 23.5 Å². The van der Waals surface area contributed by atoms with Crippen molar-refractivity contribution in [3.63, 3.8) is 0 Å². The average molecular weight is 219 g/mol. The fourth-order valence-electron chi connectivity index (χ4n) is 2.03. The minimum Gasteiger partial charge on any atom is -0.299 e. The number of nitroso groups, excluding NO2 is 1. The third-order valence-electron chi connectivity index (χ3n) is 3.08. The van der Waals surface area contributed by atoms with Crippen LogP contribution in [0.25, 0.3) is 0 Å². The Morgan fingerprint density at radius 3 is 2.75 bits per heavy atom. The van der Waals surface area contributed by atoms with Gasteiger partial charge in [-0.25, -0.2) is 0 Å². The van der Waals surface area contributed by atoms with Crippen molar-refractivity contribution in [2.24, 2.45) is 5.18 Å². The molecule has 1 aromatic rings. The highest BCUT2D eigenvalue weighted by molar-refractivity contribution is 5.13. The van der Waals surface area contributed by atoms with Crippen molar-refractivity contribution < 1.29 is 0 Å². The van der Waals surface area contributed by atoms with E-state index in [1.165, 1.54) is 5.56 Å². The lowest BCUT2D eigenvalue weighted by Crippen LogP contribution is -2.34. The van der Waals surface area contributed by atoms with Gasteiger partial charge >= 0.3 is 0 Å². The quantitative estimate of drug-likeness (QED) is 0.731. The van der Waals surface area contributed by atoms with Gasteiger partial charge in [0.2, 0.25) is 0 Å². The van der Waals surface area contributed by atoms with E-state index >= 15 is 0 Å². The van der Waals surface area contributed by atoms with Gasteiger partial charge in [-0.05, 0) is 31.4 Å². The van der Waals surface area contributed by atoms with Gasteiger partial charge in [-0.15, -0.1) is 0 Å². The van der Waals surface area contributed by atoms with E-state index in [9.17, 15) is 4.91 Å². The topological polar surface area (TPSA) is 45.6 Å². The van der Waals surface area contributed by atoms with E-state index in [1.54, 1.807) is 0 Å². The lowest BCUT2D eigenvalue weighted by molar-refractivity contribution is 0.205. The number of pyridine rings is 1. The van der Waals surface area contributed by atoms with E-state index in [1.807, 2.05) is 19.2 Å². The molecule has 1 aliphatic heterocycles. The van der Waals surface area contributed by atoms with Crippen LogP contribution in [0.1, 0.15) is 24.1 Å². The monoisotopic (exact) mass is 219 g/mol. The van der Waals surface area contributed by atoms with Crippen molar-refractivity contribution in [2.75, 3.05) is 13.1 Å². The van der Waals surface area contributed by atoms with Gasteiger partial charge < -0.3 is 0 Å². The zero-order chi connectivity index (χ0) is 11.4. The fourth-order valence-corrected chi connectivity index (χ4v) is 2.03. The average Bonchev–Trinajstić information content (AvgIpc) is 2.33. The summed E-state index contributed by atoms with van der Waals surface area (Å²) in [4.78, 5) is 17.0. The number of likely N-dealkylation sites (tertiary alicyclic amines) is 1. The van der Waals surface area contributed by atoms with Crippen molar-refractivity contribution in [2.45, 2.75) is 32.4 Å². The number of aromatic nitrogens is 1. The first-order valence-electron chi connectivity index (χ1n) is 5.74. The van der Waals surface area contributed by atoms with Gasteiger partial charge in [0.25, 0.3) is 0 Å². The molecule has 86 valence electrons. The van der Waals surface area contributed by atoms with Crippen LogP contribution in [-0.2, 0) is 6.54 Å². The molecular weight excluding hydrogens is 202 g/mol. The lowest BCUT2D eigenvalue weighted by atomic mass is 10.1. The predicted molar refractivity (Wildman–Crippen MR) is 63.1 cm³/mol. The first-order chi connectivity index (χ1) is 7.78. The van der Waals surface area contributed by atoms with Crippen LogP contribution in [0.2, 0.25) is 0 Å². The van der Waals surface area contributed by atoms with Crippen LogP contribution in [-0.4, -0.2) is 29.0 Å². The maximum absolute atomic E-state index is 10.4. The second-order valence-electron chi connectivity index (χ2n) is 4.42. The Morgan fingerprint density at radius 2 is 2.19 bits per heavy atom. The van der Waals surface area contributed by atoms with Crippen molar-refractivity contribution >= 4 is 0 Å². The third kappa shape index (κ3) is 2.85. The number of rotatable bonds is 3. The summed E-state index contributed by atoms with van der Waals surface area (Å²) in [5.74, 6) is 0. The molecule has 0 radical (unpaired) electrons. The number of hydrogen-bond acceptors (Lipinski definition) is 4. The summed E-state index contributed by atoms with van der Waals surface area (Å²) >= 11 is 0. The summed E-state index contributed by atoms with van der Waals surface area (Å²) in [5, 5.41) is 3.11. The minimum atomic E-state index is 0.0346. The number of hydrogen-bond donors (Lipinski definition) is 0. The molecule has 0 N–H and O–H groups in total. The molecule has 0 bridgehead atoms. The van der Waals surface area contributed by atoms with Crippen molar-refractivity contribution in [1.29, 1.82) is 0 Å². The highest BCUT2D eigenvalue weighted by Crippen LogP contribution is 2.15. The van der Waals surface area contributed by atoms with Gasteiger partial charge in [0.15, 0.2) is 0 Å². The molecule has 2 rings (SSSR count). The summed E-state index contributed by atoms with van der Waals surface area (Å²) in [6.45, 7) is 4.85. The van der Waals surface area contributed by atoms with E-state index < -0.39 is 0 Å². The van der Waals surface area contributed by atoms with Crippen LogP contribution in [0.4, 0.5) is 0 Å². The van der Waals surface area contributed by atoms with Crippen LogP contribution >= 0.6 is 0 Å². The molecule has 4 heteroatoms. The molecule has 1 saturated heterocycles. The zero-order valence-electron chi connectivity index (χ0n) is 9.59. The summed E-state index contributed by atoms with van der Waals surface area (Å²) in [5.41, 5.74) is 2.29. The Balaban J connectivity index is 1.86. The third-order valence-corrected chi connectivity index (χ3v) is 3.08. The van der Waals surface area contributed by atoms with Gasteiger partial charge in [0.05, 0.1) is 6.04 Å². The van der Waals surface area contributed by atoms with Crippen molar-refractivity contribution in [1.82, 2.24) is 9.88 Å². The highest BCUT2D eigenvalue weighted by atomic mass is 16.3. The van der Waals surface area contributed by atoms with Gasteiger partial charge in [-0.1, -0.05) is 11.2 Å². The molecular formula is C12H17N3O. The molecule has 0 amide bonds. The predicted octanol–water partition coefficient (Wildman–Crippen LogP) is 2.12. The van der Waals surface area contributed by atoms with Gasteiger partial charge in [-0.2, -0.15) is 4.91 Å². The molecule has 4 nitrogen and oxygen atoms in total. The molecule has 1 fully saturated rings. The molecule has 0 atom stereocenters. The van der Waals surface area contributed by atoms with Gasteiger partial charge in [0.1, 0.15) is 0 Å². The Morgan fingerprint density at radius 1 is 1.44 bits per heavy atom. The Hall–Kier alpha value is -1.29. The molecule has 0 aliphatic carbocycles. The van der Waals surface area contributed by atoms with Crippen LogP contribution in [0.3, 0.4) is 0 Å². The summed E-state index contributed by atoms with van der Waals surface area (Å²) in [7, 11) is 0. The largest absolute Gasteiger partial charge is 0.299 e. The second kappa shape index (κ2) is 5.16. The first kappa shape index (κ1) is 11.2. The number of nitrogens with zero attached hydrogens (tertiary/aromatic N) is 3. The van der Waals surface area contributed by atoms with E-state index in [-0.39, 0.29) is 6.04 Å². The molecule has 0 aromatic carbocycles. The minimum absolute atomic E-state index is 0.0346. The molecule has 1 aromatic heterocycles. The number of piperidine rings is 1. The van der Waals surface area contributed by atoms with Crippen LogP contribution < -0.4 is 0 Å². The maximum Gasteiger partial charge on any atom is 0.0944 e. The van der Waals surface area contributed by atoms with Gasteiger partial charge in [0, 0.05) is 31.5 Å². The van der Waals surface area contributed by atoms with Crippen molar-refractivity contribution in [3.8, 4) is 0 Å². The summed E-state index contributed by atoms with van der Waals surface area (Å²) in [6, 6.07) is 4.19. The molecule has 1 aliphatic rings. The van der Waals surface area contributed by atoms with E-state index in [2.05, 4.69) is 21.1 Å². The van der Waals surface area contributed by atoms with E-state index in [0.29, 0.717) is 0 Å². The first-order valence-corrected chi connectivity index (χ1v) is 5.74. The van der Waals surface area contributed by atoms with Crippen LogP contribution in [0, 0.1) is 11.8 Å². The summed E-state index contributed by atoms with van der Waals surface area (Å²) < 4.78 is 0. The molecule has 0 unspecified atom stereocenters. The zero-order valence-corrected chi connectivity index (χ0v) is 9.59. The Bertz CT molecular complexity index is 342. The SMILES string of the molecule is Cc1ccc(CN2CCC(N=O)CC2)cn1. The number of aryl methyl sites for hydroxylation is 1. The summed E-state index contributed by atoms with van der Waals surface area (Å²) in [6.07, 6.45) is 3.71. The molecule has 0 spiro atoms. The van der Waals surface area contributed by atoms with E-state index in [4.69, 9.17) is 0 Å². The van der Waals surface area contributed by atoms with E-state index in [0.717, 1.165) is 38.2 Å². The fraction of sp³-hybridized carbons (Fsp3) is 0.583. The standard InChI is InChI=1S/C12H17N3O/c1-10-2-3-11(8-13-10)9-15-6-4-12(14-16)5-7-15/h2-3,8,12H,4-7,9H2,1H3. The molecule has 2 heterocycles. The highest BCUT2D eigenvalue weighted by Gasteiger charge is 2.19. The second-order valence-corrected chi connectivity index (χ2v) is 4.42. The lowest BCUT2D eigenvalue weighted by Gasteiger charge is -2.28. The van der Waals surface area contributed by atoms with Crippen LogP contribution in [0.5, 0.6) is 0 Å².